The lowest BCUT2D eigenvalue weighted by Crippen LogP contribution is -2.38. The van der Waals surface area contributed by atoms with Gasteiger partial charge in [-0.2, -0.15) is 0 Å². The maximum Gasteiger partial charge on any atom is 0.223 e. The number of hydrogen-bond donors (Lipinski definition) is 1. The zero-order chi connectivity index (χ0) is 16.2. The molecule has 1 aromatic carbocycles. The zero-order valence-electron chi connectivity index (χ0n) is 13.1. The Morgan fingerprint density at radius 2 is 2.30 bits per heavy atom. The Bertz CT molecular complexity index is 680. The van der Waals surface area contributed by atoms with Crippen LogP contribution < -0.4 is 5.32 Å². The molecule has 2 heterocycles. The summed E-state index contributed by atoms with van der Waals surface area (Å²) in [4.78, 5) is 18.3. The number of nitrogens with zero attached hydrogens (tertiary/aromatic N) is 2. The third kappa shape index (κ3) is 3.74. The first-order valence-electron chi connectivity index (χ1n) is 7.81. The molecule has 0 aliphatic carbocycles. The highest BCUT2D eigenvalue weighted by molar-refractivity contribution is 6.33. The Morgan fingerprint density at radius 1 is 1.48 bits per heavy atom. The number of benzene rings is 1. The molecular formula is C17H20ClN3O2. The van der Waals surface area contributed by atoms with Crippen LogP contribution in [0.25, 0.3) is 11.3 Å². The number of hydrogen-bond acceptors (Lipinski definition) is 4. The highest BCUT2D eigenvalue weighted by atomic mass is 35.5. The van der Waals surface area contributed by atoms with Gasteiger partial charge in [0, 0.05) is 38.0 Å². The smallest absolute Gasteiger partial charge is 0.223 e. The summed E-state index contributed by atoms with van der Waals surface area (Å²) in [7, 11) is 1.87. The Morgan fingerprint density at radius 3 is 3.04 bits per heavy atom. The van der Waals surface area contributed by atoms with Gasteiger partial charge in [-0.3, -0.25) is 4.79 Å². The maximum absolute atomic E-state index is 12.2. The number of amides is 1. The van der Waals surface area contributed by atoms with Crippen molar-refractivity contribution in [2.75, 3.05) is 20.1 Å². The molecule has 23 heavy (non-hydrogen) atoms. The summed E-state index contributed by atoms with van der Waals surface area (Å²) in [6, 6.07) is 7.77. The predicted molar refractivity (Wildman–Crippen MR) is 89.3 cm³/mol. The number of carbonyl (C=O) groups excluding carboxylic acids is 1. The van der Waals surface area contributed by atoms with Gasteiger partial charge >= 0.3 is 0 Å². The van der Waals surface area contributed by atoms with Crippen LogP contribution in [0.1, 0.15) is 18.7 Å². The van der Waals surface area contributed by atoms with E-state index >= 15 is 0 Å². The standard InChI is InChI=1S/C17H20ClN3O2/c1-21(12-8-9-19-10-12)17(22)7-6-16-20-11-15(23-16)13-4-2-3-5-14(13)18/h2-5,11-12,19H,6-10H2,1H3. The Balaban J connectivity index is 1.59. The summed E-state index contributed by atoms with van der Waals surface area (Å²) in [6.45, 7) is 1.85. The lowest BCUT2D eigenvalue weighted by molar-refractivity contribution is -0.131. The van der Waals surface area contributed by atoms with E-state index in [-0.39, 0.29) is 5.91 Å². The summed E-state index contributed by atoms with van der Waals surface area (Å²) in [6.07, 6.45) is 3.56. The summed E-state index contributed by atoms with van der Waals surface area (Å²) in [5, 5.41) is 3.90. The largest absolute Gasteiger partial charge is 0.441 e. The van der Waals surface area contributed by atoms with E-state index in [9.17, 15) is 4.79 Å². The normalized spacial score (nSPS) is 17.4. The van der Waals surface area contributed by atoms with Crippen LogP contribution in [0.5, 0.6) is 0 Å². The number of likely N-dealkylation sites (N-methyl/N-ethyl adjacent to an activating group) is 1. The van der Waals surface area contributed by atoms with Crippen molar-refractivity contribution in [2.45, 2.75) is 25.3 Å². The lowest BCUT2D eigenvalue weighted by Gasteiger charge is -2.23. The minimum absolute atomic E-state index is 0.121. The average Bonchev–Trinajstić information content (AvgIpc) is 3.24. The zero-order valence-corrected chi connectivity index (χ0v) is 13.8. The van der Waals surface area contributed by atoms with Crippen molar-refractivity contribution in [3.8, 4) is 11.3 Å². The van der Waals surface area contributed by atoms with Gasteiger partial charge in [0.25, 0.3) is 0 Å². The molecule has 1 fully saturated rings. The van der Waals surface area contributed by atoms with E-state index in [4.69, 9.17) is 16.0 Å². The van der Waals surface area contributed by atoms with Gasteiger partial charge in [-0.1, -0.05) is 23.7 Å². The van der Waals surface area contributed by atoms with Crippen molar-refractivity contribution in [1.29, 1.82) is 0 Å². The highest BCUT2D eigenvalue weighted by Gasteiger charge is 2.23. The Hall–Kier alpha value is -1.85. The van der Waals surface area contributed by atoms with Crippen LogP contribution in [0, 0.1) is 0 Å². The number of carbonyl (C=O) groups is 1. The first kappa shape index (κ1) is 16.0. The molecule has 1 aromatic heterocycles. The van der Waals surface area contributed by atoms with Crippen molar-refractivity contribution in [3.63, 3.8) is 0 Å². The molecule has 0 bridgehead atoms. The number of aryl methyl sites for hydroxylation is 1. The Kier molecular flexibility index (Phi) is 4.98. The van der Waals surface area contributed by atoms with Crippen LogP contribution in [0.4, 0.5) is 0 Å². The van der Waals surface area contributed by atoms with Crippen molar-refractivity contribution in [2.24, 2.45) is 0 Å². The average molecular weight is 334 g/mol. The fourth-order valence-corrected chi connectivity index (χ4v) is 3.00. The summed E-state index contributed by atoms with van der Waals surface area (Å²) < 4.78 is 5.73. The minimum Gasteiger partial charge on any atom is -0.441 e. The molecule has 0 spiro atoms. The van der Waals surface area contributed by atoms with Crippen molar-refractivity contribution in [3.05, 3.63) is 41.4 Å². The van der Waals surface area contributed by atoms with Crippen LogP contribution in [-0.4, -0.2) is 42.0 Å². The predicted octanol–water partition coefficient (Wildman–Crippen LogP) is 2.75. The van der Waals surface area contributed by atoms with Crippen molar-refractivity contribution in [1.82, 2.24) is 15.2 Å². The van der Waals surface area contributed by atoms with Gasteiger partial charge in [0.15, 0.2) is 11.7 Å². The quantitative estimate of drug-likeness (QED) is 0.914. The highest BCUT2D eigenvalue weighted by Crippen LogP contribution is 2.28. The SMILES string of the molecule is CN(C(=O)CCc1ncc(-c2ccccc2Cl)o1)C1CCNC1. The molecule has 1 amide bonds. The molecule has 2 aromatic rings. The number of aromatic nitrogens is 1. The first-order valence-corrected chi connectivity index (χ1v) is 8.19. The third-order valence-electron chi connectivity index (χ3n) is 4.22. The van der Waals surface area contributed by atoms with Gasteiger partial charge in [-0.05, 0) is 25.1 Å². The molecule has 5 nitrogen and oxygen atoms in total. The second-order valence-electron chi connectivity index (χ2n) is 5.75. The molecular weight excluding hydrogens is 314 g/mol. The van der Waals surface area contributed by atoms with Gasteiger partial charge in [-0.25, -0.2) is 4.98 Å². The monoisotopic (exact) mass is 333 g/mol. The fourth-order valence-electron chi connectivity index (χ4n) is 2.78. The van der Waals surface area contributed by atoms with Crippen LogP contribution in [-0.2, 0) is 11.2 Å². The van der Waals surface area contributed by atoms with Gasteiger partial charge in [0.05, 0.1) is 11.2 Å². The van der Waals surface area contributed by atoms with Gasteiger partial charge < -0.3 is 14.6 Å². The summed E-state index contributed by atoms with van der Waals surface area (Å²) in [5.74, 6) is 1.31. The number of rotatable bonds is 5. The molecule has 1 aliphatic rings. The van der Waals surface area contributed by atoms with E-state index in [1.54, 1.807) is 6.20 Å². The molecule has 0 radical (unpaired) electrons. The maximum atomic E-state index is 12.2. The van der Waals surface area contributed by atoms with Crippen molar-refractivity contribution < 1.29 is 9.21 Å². The van der Waals surface area contributed by atoms with Crippen LogP contribution in [0.2, 0.25) is 5.02 Å². The number of nitrogens with one attached hydrogen (secondary N) is 1. The second kappa shape index (κ2) is 7.15. The number of oxazole rings is 1. The second-order valence-corrected chi connectivity index (χ2v) is 6.16. The van der Waals surface area contributed by atoms with E-state index in [1.807, 2.05) is 36.2 Å². The lowest BCUT2D eigenvalue weighted by atomic mass is 10.2. The Labute approximate surface area is 140 Å². The van der Waals surface area contributed by atoms with E-state index in [2.05, 4.69) is 10.3 Å². The van der Waals surface area contributed by atoms with Gasteiger partial charge in [-0.15, -0.1) is 0 Å². The van der Waals surface area contributed by atoms with Crippen LogP contribution in [0.15, 0.2) is 34.9 Å². The van der Waals surface area contributed by atoms with Gasteiger partial charge in [0.1, 0.15) is 0 Å². The van der Waals surface area contributed by atoms with E-state index in [0.717, 1.165) is 25.1 Å². The molecule has 122 valence electrons. The molecule has 1 saturated heterocycles. The fraction of sp³-hybridized carbons (Fsp3) is 0.412. The van der Waals surface area contributed by atoms with Crippen molar-refractivity contribution >= 4 is 17.5 Å². The molecule has 6 heteroatoms. The van der Waals surface area contributed by atoms with E-state index < -0.39 is 0 Å². The molecule has 1 N–H and O–H groups in total. The van der Waals surface area contributed by atoms with Crippen LogP contribution >= 0.6 is 11.6 Å². The molecule has 1 unspecified atom stereocenters. The first-order chi connectivity index (χ1) is 11.1. The molecule has 0 saturated carbocycles. The third-order valence-corrected chi connectivity index (χ3v) is 4.55. The summed E-state index contributed by atoms with van der Waals surface area (Å²) in [5.41, 5.74) is 0.813. The van der Waals surface area contributed by atoms with Crippen LogP contribution in [0.3, 0.4) is 0 Å². The van der Waals surface area contributed by atoms with Gasteiger partial charge in [0.2, 0.25) is 5.91 Å². The molecule has 1 atom stereocenters. The number of halogens is 1. The topological polar surface area (TPSA) is 58.4 Å². The molecule has 3 rings (SSSR count). The molecule has 1 aliphatic heterocycles. The summed E-state index contributed by atoms with van der Waals surface area (Å²) >= 11 is 6.16. The van der Waals surface area contributed by atoms with E-state index in [1.165, 1.54) is 0 Å². The van der Waals surface area contributed by atoms with E-state index in [0.29, 0.717) is 35.6 Å². The minimum atomic E-state index is 0.121.